The Morgan fingerprint density at radius 1 is 1.06 bits per heavy atom. The van der Waals surface area contributed by atoms with E-state index in [-0.39, 0.29) is 23.4 Å². The Bertz CT molecular complexity index is 1210. The predicted octanol–water partition coefficient (Wildman–Crippen LogP) is 2.79. The highest BCUT2D eigenvalue weighted by molar-refractivity contribution is 7.89. The molecule has 4 rings (SSSR count). The number of rotatable bonds is 6. The molecule has 0 unspecified atom stereocenters. The summed E-state index contributed by atoms with van der Waals surface area (Å²) in [7, 11) is -0.883. The Morgan fingerprint density at radius 2 is 1.74 bits per heavy atom. The second-order valence-corrected chi connectivity index (χ2v) is 10.5. The number of hydrogen-bond donors (Lipinski definition) is 1. The van der Waals surface area contributed by atoms with Crippen molar-refractivity contribution in [1.29, 1.82) is 0 Å². The largest absolute Gasteiger partial charge is 0.497 e. The number of carbonyl (C=O) groups is 2. The highest BCUT2D eigenvalue weighted by atomic mass is 32.2. The molecular formula is C24H29N3O6S. The first-order valence-corrected chi connectivity index (χ1v) is 12.6. The van der Waals surface area contributed by atoms with E-state index in [9.17, 15) is 18.0 Å². The lowest BCUT2D eigenvalue weighted by Gasteiger charge is -2.24. The van der Waals surface area contributed by atoms with Gasteiger partial charge in [-0.1, -0.05) is 0 Å². The number of nitrogens with zero attached hydrogens (tertiary/aromatic N) is 2. The number of nitrogens with one attached hydrogen (secondary N) is 1. The number of hydrogen-bond acceptors (Lipinski definition) is 6. The fourth-order valence-corrected chi connectivity index (χ4v) is 6.49. The zero-order chi connectivity index (χ0) is 24.6. The number of anilines is 2. The number of methoxy groups -OCH3 is 2. The topological polar surface area (TPSA) is 105 Å². The summed E-state index contributed by atoms with van der Waals surface area (Å²) in [6.07, 6.45) is 1.59. The second kappa shape index (κ2) is 9.27. The van der Waals surface area contributed by atoms with Gasteiger partial charge in [0.05, 0.1) is 19.1 Å². The average molecular weight is 488 g/mol. The molecule has 2 aromatic carbocycles. The molecule has 0 saturated carbocycles. The summed E-state index contributed by atoms with van der Waals surface area (Å²) >= 11 is 0. The van der Waals surface area contributed by atoms with Gasteiger partial charge in [0.15, 0.2) is 0 Å². The minimum absolute atomic E-state index is 0.0318. The van der Waals surface area contributed by atoms with Gasteiger partial charge in [-0.25, -0.2) is 8.42 Å². The number of benzene rings is 2. The first-order valence-electron chi connectivity index (χ1n) is 11.1. The molecule has 2 amide bonds. The van der Waals surface area contributed by atoms with E-state index in [1.54, 1.807) is 35.2 Å². The lowest BCUT2D eigenvalue weighted by Crippen LogP contribution is -2.43. The van der Waals surface area contributed by atoms with E-state index in [0.717, 1.165) is 11.3 Å². The van der Waals surface area contributed by atoms with E-state index in [0.29, 0.717) is 36.4 Å². The lowest BCUT2D eigenvalue weighted by atomic mass is 10.1. The number of amides is 2. The van der Waals surface area contributed by atoms with Crippen LogP contribution in [0, 0.1) is 0 Å². The summed E-state index contributed by atoms with van der Waals surface area (Å²) < 4.78 is 38.8. The normalized spacial score (nSPS) is 20.2. The summed E-state index contributed by atoms with van der Waals surface area (Å²) in [4.78, 5) is 26.9. The third kappa shape index (κ3) is 4.35. The minimum Gasteiger partial charge on any atom is -0.497 e. The van der Waals surface area contributed by atoms with Gasteiger partial charge in [-0.3, -0.25) is 9.59 Å². The molecule has 0 bridgehead atoms. The van der Waals surface area contributed by atoms with Gasteiger partial charge >= 0.3 is 0 Å². The predicted molar refractivity (Wildman–Crippen MR) is 128 cm³/mol. The van der Waals surface area contributed by atoms with Crippen molar-refractivity contribution in [1.82, 2.24) is 4.31 Å². The van der Waals surface area contributed by atoms with Crippen LogP contribution < -0.4 is 19.7 Å². The Labute approximate surface area is 199 Å². The molecule has 182 valence electrons. The first-order chi connectivity index (χ1) is 16.1. The van der Waals surface area contributed by atoms with Crippen LogP contribution in [0.25, 0.3) is 0 Å². The molecule has 0 aliphatic carbocycles. The molecule has 10 heteroatoms. The van der Waals surface area contributed by atoms with Crippen LogP contribution in [0.5, 0.6) is 11.5 Å². The molecule has 2 heterocycles. The number of sulfonamides is 1. The molecule has 0 radical (unpaired) electrons. The van der Waals surface area contributed by atoms with Crippen LogP contribution in [-0.2, 0) is 26.0 Å². The monoisotopic (exact) mass is 487 g/mol. The fourth-order valence-electron chi connectivity index (χ4n) is 4.78. The van der Waals surface area contributed by atoms with Crippen molar-refractivity contribution < 1.29 is 27.5 Å². The van der Waals surface area contributed by atoms with Crippen LogP contribution in [0.3, 0.4) is 0 Å². The molecule has 1 N–H and O–H groups in total. The van der Waals surface area contributed by atoms with Crippen molar-refractivity contribution in [2.24, 2.45) is 0 Å². The molecule has 2 aliphatic rings. The van der Waals surface area contributed by atoms with Crippen LogP contribution in [-0.4, -0.2) is 57.4 Å². The van der Waals surface area contributed by atoms with Gasteiger partial charge in [0.25, 0.3) is 0 Å². The SMILES string of the molecule is COc1cc(NC(=O)[C@H]2CCCN2S(=O)(=O)c2ccc3c(c2)C[C@@H](C)N3C(C)=O)cc(OC)c1. The molecule has 2 aromatic rings. The molecule has 2 atom stereocenters. The van der Waals surface area contributed by atoms with E-state index in [1.165, 1.54) is 31.5 Å². The lowest BCUT2D eigenvalue weighted by molar-refractivity contribution is -0.119. The molecule has 9 nitrogen and oxygen atoms in total. The second-order valence-electron chi connectivity index (χ2n) is 8.60. The summed E-state index contributed by atoms with van der Waals surface area (Å²) in [6, 6.07) is 8.95. The molecule has 0 aromatic heterocycles. The Balaban J connectivity index is 1.58. The standard InChI is InChI=1S/C24H29N3O6S/c1-15-10-17-11-21(7-8-22(17)27(15)16(2)28)34(30,31)26-9-5-6-23(26)24(29)25-18-12-19(32-3)14-20(13-18)33-4/h7-8,11-15,23H,5-6,9-10H2,1-4H3,(H,25,29)/t15-,23-/m1/s1. The van der Waals surface area contributed by atoms with Crippen molar-refractivity contribution in [3.05, 3.63) is 42.0 Å². The summed E-state index contributed by atoms with van der Waals surface area (Å²) in [5.74, 6) is 0.538. The van der Waals surface area contributed by atoms with Gasteiger partial charge in [0.1, 0.15) is 17.5 Å². The third-order valence-corrected chi connectivity index (χ3v) is 8.24. The maximum atomic E-state index is 13.5. The van der Waals surface area contributed by atoms with E-state index in [1.807, 2.05) is 6.92 Å². The van der Waals surface area contributed by atoms with Gasteiger partial charge in [0.2, 0.25) is 21.8 Å². The van der Waals surface area contributed by atoms with Crippen molar-refractivity contribution >= 4 is 33.2 Å². The molecule has 34 heavy (non-hydrogen) atoms. The van der Waals surface area contributed by atoms with Gasteiger partial charge in [-0.15, -0.1) is 0 Å². The van der Waals surface area contributed by atoms with Crippen molar-refractivity contribution in [2.75, 3.05) is 31.0 Å². The van der Waals surface area contributed by atoms with Crippen molar-refractivity contribution in [3.8, 4) is 11.5 Å². The van der Waals surface area contributed by atoms with Crippen LogP contribution >= 0.6 is 0 Å². The first kappa shape index (κ1) is 24.0. The Hall–Kier alpha value is -3.11. The Kier molecular flexibility index (Phi) is 6.55. The molecular weight excluding hydrogens is 458 g/mol. The van der Waals surface area contributed by atoms with E-state index >= 15 is 0 Å². The Morgan fingerprint density at radius 3 is 2.35 bits per heavy atom. The summed E-state index contributed by atoms with van der Waals surface area (Å²) in [5.41, 5.74) is 2.01. The minimum atomic E-state index is -3.91. The van der Waals surface area contributed by atoms with E-state index in [4.69, 9.17) is 9.47 Å². The number of carbonyl (C=O) groups excluding carboxylic acids is 2. The van der Waals surface area contributed by atoms with Gasteiger partial charge in [-0.05, 0) is 49.9 Å². The van der Waals surface area contributed by atoms with E-state index in [2.05, 4.69) is 5.32 Å². The zero-order valence-corrected chi connectivity index (χ0v) is 20.5. The van der Waals surface area contributed by atoms with Crippen LogP contribution in [0.4, 0.5) is 11.4 Å². The van der Waals surface area contributed by atoms with Crippen LogP contribution in [0.1, 0.15) is 32.3 Å². The van der Waals surface area contributed by atoms with Crippen LogP contribution in [0.15, 0.2) is 41.3 Å². The average Bonchev–Trinajstić information content (AvgIpc) is 3.42. The van der Waals surface area contributed by atoms with E-state index < -0.39 is 22.0 Å². The zero-order valence-electron chi connectivity index (χ0n) is 19.7. The molecule has 1 fully saturated rings. The highest BCUT2D eigenvalue weighted by Crippen LogP contribution is 2.36. The highest BCUT2D eigenvalue weighted by Gasteiger charge is 2.40. The summed E-state index contributed by atoms with van der Waals surface area (Å²) in [6.45, 7) is 3.69. The smallest absolute Gasteiger partial charge is 0.243 e. The maximum Gasteiger partial charge on any atom is 0.243 e. The quantitative estimate of drug-likeness (QED) is 0.672. The summed E-state index contributed by atoms with van der Waals surface area (Å²) in [5, 5.41) is 2.80. The third-order valence-electron chi connectivity index (χ3n) is 6.34. The van der Waals surface area contributed by atoms with Gasteiger partial charge in [0, 0.05) is 49.1 Å². The van der Waals surface area contributed by atoms with Gasteiger partial charge in [-0.2, -0.15) is 4.31 Å². The number of ether oxygens (including phenoxy) is 2. The van der Waals surface area contributed by atoms with Gasteiger partial charge < -0.3 is 19.7 Å². The molecule has 0 spiro atoms. The van der Waals surface area contributed by atoms with Crippen molar-refractivity contribution in [2.45, 2.75) is 50.1 Å². The fraction of sp³-hybridized carbons (Fsp3) is 0.417. The number of fused-ring (bicyclic) bond motifs is 1. The van der Waals surface area contributed by atoms with Crippen molar-refractivity contribution in [3.63, 3.8) is 0 Å². The molecule has 1 saturated heterocycles. The van der Waals surface area contributed by atoms with Crippen LogP contribution in [0.2, 0.25) is 0 Å². The molecule has 2 aliphatic heterocycles. The maximum absolute atomic E-state index is 13.5.